The van der Waals surface area contributed by atoms with Crippen LogP contribution in [0.2, 0.25) is 0 Å². The first-order chi connectivity index (χ1) is 18.4. The summed E-state index contributed by atoms with van der Waals surface area (Å²) in [5.74, 6) is -4.34. The van der Waals surface area contributed by atoms with Crippen molar-refractivity contribution in [1.29, 1.82) is 0 Å². The quantitative estimate of drug-likeness (QED) is 0.355. The molecule has 0 spiro atoms. The Kier molecular flexibility index (Phi) is 9.20. The van der Waals surface area contributed by atoms with Gasteiger partial charge in [0.05, 0.1) is 5.56 Å². The van der Waals surface area contributed by atoms with Gasteiger partial charge < -0.3 is 19.7 Å². The monoisotopic (exact) mass is 545 g/mol. The Morgan fingerprint density at radius 2 is 1.64 bits per heavy atom. The lowest BCUT2D eigenvalue weighted by molar-refractivity contribution is -0.173. The van der Waals surface area contributed by atoms with E-state index in [1.807, 2.05) is 5.32 Å². The van der Waals surface area contributed by atoms with Crippen molar-refractivity contribution in [3.05, 3.63) is 100.0 Å². The van der Waals surface area contributed by atoms with E-state index in [4.69, 9.17) is 9.84 Å². The summed E-state index contributed by atoms with van der Waals surface area (Å²) >= 11 is 0. The highest BCUT2D eigenvalue weighted by molar-refractivity contribution is 5.93. The maximum Gasteiger partial charge on any atom is 0.452 e. The van der Waals surface area contributed by atoms with Crippen molar-refractivity contribution in [2.45, 2.75) is 31.8 Å². The van der Waals surface area contributed by atoms with Crippen LogP contribution in [0.5, 0.6) is 0 Å². The van der Waals surface area contributed by atoms with Crippen LogP contribution in [0, 0.1) is 0 Å². The van der Waals surface area contributed by atoms with Gasteiger partial charge in [0.15, 0.2) is 0 Å². The van der Waals surface area contributed by atoms with Crippen LogP contribution in [0.15, 0.2) is 77.7 Å². The minimum atomic E-state index is -5.19. The average molecular weight is 545 g/mol. The molecule has 0 aliphatic rings. The second-order valence-electron chi connectivity index (χ2n) is 8.23. The molecule has 13 heteroatoms. The molecule has 3 N–H and O–H groups in total. The highest BCUT2D eigenvalue weighted by Crippen LogP contribution is 2.20. The van der Waals surface area contributed by atoms with Crippen LogP contribution in [0.4, 0.5) is 23.7 Å². The molecule has 0 saturated heterocycles. The number of hydrogen-bond acceptors (Lipinski definition) is 6. The van der Waals surface area contributed by atoms with Crippen LogP contribution < -0.4 is 16.2 Å². The molecule has 0 fully saturated rings. The molecule has 3 rings (SSSR count). The van der Waals surface area contributed by atoms with Crippen molar-refractivity contribution in [2.24, 2.45) is 0 Å². The SMILES string of the molecule is O=C(Cn1cccc(NC(=O)OCc2cccc(C(=O)O)c2)c1=O)NC(Cc1ccccc1)C(=O)C(F)(F)F. The number of carbonyl (C=O) groups is 4. The summed E-state index contributed by atoms with van der Waals surface area (Å²) in [4.78, 5) is 60.3. The van der Waals surface area contributed by atoms with E-state index in [9.17, 15) is 37.1 Å². The number of carboxylic acids is 1. The number of carboxylic acid groups (broad SMARTS) is 1. The van der Waals surface area contributed by atoms with Crippen molar-refractivity contribution in [2.75, 3.05) is 5.32 Å². The van der Waals surface area contributed by atoms with E-state index >= 15 is 0 Å². The van der Waals surface area contributed by atoms with Gasteiger partial charge in [0, 0.05) is 12.6 Å². The van der Waals surface area contributed by atoms with Gasteiger partial charge in [-0.05, 0) is 35.4 Å². The number of Topliss-reactive ketones (excluding diaryl/α,β-unsaturated/α-hetero) is 1. The van der Waals surface area contributed by atoms with Gasteiger partial charge >= 0.3 is 18.2 Å². The predicted octanol–water partition coefficient (Wildman–Crippen LogP) is 3.15. The molecule has 1 atom stereocenters. The van der Waals surface area contributed by atoms with Crippen LogP contribution in [-0.4, -0.2) is 45.6 Å². The van der Waals surface area contributed by atoms with Crippen LogP contribution in [0.25, 0.3) is 0 Å². The van der Waals surface area contributed by atoms with Crippen LogP contribution in [-0.2, 0) is 33.9 Å². The number of pyridine rings is 1. The third-order valence-electron chi connectivity index (χ3n) is 5.33. The highest BCUT2D eigenvalue weighted by Gasteiger charge is 2.43. The number of amides is 2. The number of halogens is 3. The van der Waals surface area contributed by atoms with E-state index in [1.54, 1.807) is 18.2 Å². The van der Waals surface area contributed by atoms with E-state index in [-0.39, 0.29) is 17.9 Å². The molecule has 1 aromatic heterocycles. The zero-order chi connectivity index (χ0) is 28.6. The maximum absolute atomic E-state index is 13.1. The number of carbonyl (C=O) groups excluding carboxylic acids is 3. The lowest BCUT2D eigenvalue weighted by Crippen LogP contribution is -2.49. The minimum absolute atomic E-state index is 0.0105. The Balaban J connectivity index is 1.65. The van der Waals surface area contributed by atoms with Crippen molar-refractivity contribution in [3.63, 3.8) is 0 Å². The van der Waals surface area contributed by atoms with Gasteiger partial charge in [0.25, 0.3) is 11.3 Å². The third-order valence-corrected chi connectivity index (χ3v) is 5.33. The molecule has 3 aromatic rings. The van der Waals surface area contributed by atoms with E-state index in [0.717, 1.165) is 4.57 Å². The summed E-state index contributed by atoms with van der Waals surface area (Å²) < 4.78 is 45.2. The van der Waals surface area contributed by atoms with Crippen LogP contribution >= 0.6 is 0 Å². The van der Waals surface area contributed by atoms with Gasteiger partial charge in [-0.3, -0.25) is 19.7 Å². The normalized spacial score (nSPS) is 11.8. The first kappa shape index (κ1) is 28.6. The van der Waals surface area contributed by atoms with Crippen molar-refractivity contribution >= 4 is 29.4 Å². The number of anilines is 1. The first-order valence-corrected chi connectivity index (χ1v) is 11.3. The fourth-order valence-corrected chi connectivity index (χ4v) is 3.50. The number of nitrogens with one attached hydrogen (secondary N) is 2. The molecule has 0 radical (unpaired) electrons. The summed E-state index contributed by atoms with van der Waals surface area (Å²) in [5, 5.41) is 13.3. The number of benzene rings is 2. The van der Waals surface area contributed by atoms with Crippen molar-refractivity contribution < 1.29 is 42.2 Å². The Morgan fingerprint density at radius 3 is 2.31 bits per heavy atom. The minimum Gasteiger partial charge on any atom is -0.478 e. The van der Waals surface area contributed by atoms with Gasteiger partial charge in [-0.1, -0.05) is 42.5 Å². The Labute approximate surface area is 219 Å². The van der Waals surface area contributed by atoms with E-state index in [1.165, 1.54) is 54.7 Å². The molecular weight excluding hydrogens is 523 g/mol. The molecule has 204 valence electrons. The van der Waals surface area contributed by atoms with Crippen molar-refractivity contribution in [1.82, 2.24) is 9.88 Å². The number of rotatable bonds is 10. The summed E-state index contributed by atoms with van der Waals surface area (Å²) in [6.07, 6.45) is -5.48. The molecule has 0 aliphatic heterocycles. The first-order valence-electron chi connectivity index (χ1n) is 11.3. The zero-order valence-corrected chi connectivity index (χ0v) is 20.1. The third kappa shape index (κ3) is 8.28. The summed E-state index contributed by atoms with van der Waals surface area (Å²) in [7, 11) is 0. The summed E-state index contributed by atoms with van der Waals surface area (Å²) in [6.45, 7) is -1.03. The van der Waals surface area contributed by atoms with E-state index in [2.05, 4.69) is 5.32 Å². The molecule has 2 amide bonds. The molecule has 0 bridgehead atoms. The fourth-order valence-electron chi connectivity index (χ4n) is 3.50. The molecule has 39 heavy (non-hydrogen) atoms. The smallest absolute Gasteiger partial charge is 0.452 e. The standard InChI is InChI=1S/C26H22F3N3O7/c27-26(28,29)22(34)20(13-16-6-2-1-3-7-16)30-21(33)14-32-11-5-10-19(23(32)35)31-25(38)39-15-17-8-4-9-18(12-17)24(36)37/h1-12,20H,13-15H2,(H,30,33)(H,31,38)(H,36,37). The van der Waals surface area contributed by atoms with Gasteiger partial charge in [-0.15, -0.1) is 0 Å². The second-order valence-corrected chi connectivity index (χ2v) is 8.23. The molecule has 10 nitrogen and oxygen atoms in total. The van der Waals surface area contributed by atoms with Crippen LogP contribution in [0.1, 0.15) is 21.5 Å². The second kappa shape index (κ2) is 12.5. The lowest BCUT2D eigenvalue weighted by atomic mass is 10.0. The number of nitrogens with zero attached hydrogens (tertiary/aromatic N) is 1. The molecule has 0 saturated carbocycles. The van der Waals surface area contributed by atoms with Gasteiger partial charge in [-0.25, -0.2) is 9.59 Å². The summed E-state index contributed by atoms with van der Waals surface area (Å²) in [6, 6.07) is 14.1. The number of aromatic nitrogens is 1. The van der Waals surface area contributed by atoms with Crippen molar-refractivity contribution in [3.8, 4) is 0 Å². The van der Waals surface area contributed by atoms with Gasteiger partial charge in [-0.2, -0.15) is 13.2 Å². The van der Waals surface area contributed by atoms with E-state index in [0.29, 0.717) is 11.1 Å². The fraction of sp³-hybridized carbons (Fsp3) is 0.192. The predicted molar refractivity (Wildman–Crippen MR) is 131 cm³/mol. The zero-order valence-electron chi connectivity index (χ0n) is 20.1. The highest BCUT2D eigenvalue weighted by atomic mass is 19.4. The molecular formula is C26H22F3N3O7. The largest absolute Gasteiger partial charge is 0.478 e. The average Bonchev–Trinajstić information content (AvgIpc) is 2.89. The number of ketones is 1. The topological polar surface area (TPSA) is 144 Å². The summed E-state index contributed by atoms with van der Waals surface area (Å²) in [5.41, 5.74) is -0.396. The van der Waals surface area contributed by atoms with E-state index < -0.39 is 54.5 Å². The lowest BCUT2D eigenvalue weighted by Gasteiger charge is -2.19. The number of ether oxygens (including phenoxy) is 1. The number of hydrogen-bond donors (Lipinski definition) is 3. The number of aromatic carboxylic acids is 1. The molecule has 2 aromatic carbocycles. The van der Waals surface area contributed by atoms with Gasteiger partial charge in [0.1, 0.15) is 24.9 Å². The van der Waals surface area contributed by atoms with Gasteiger partial charge in [0.2, 0.25) is 5.91 Å². The Bertz CT molecular complexity index is 1420. The Morgan fingerprint density at radius 1 is 0.949 bits per heavy atom. The molecule has 1 unspecified atom stereocenters. The Hall–Kier alpha value is -4.94. The maximum atomic E-state index is 13.1. The molecule has 0 aliphatic carbocycles. The molecule has 1 heterocycles. The number of alkyl halides is 3. The van der Waals surface area contributed by atoms with Crippen LogP contribution in [0.3, 0.4) is 0 Å².